The van der Waals surface area contributed by atoms with Gasteiger partial charge in [0.25, 0.3) is 0 Å². The first-order chi connectivity index (χ1) is 8.40. The lowest BCUT2D eigenvalue weighted by molar-refractivity contribution is 0.0774. The Kier molecular flexibility index (Phi) is 5.75. The van der Waals surface area contributed by atoms with Crippen LogP contribution in [0.2, 0.25) is 0 Å². The van der Waals surface area contributed by atoms with E-state index in [1.165, 1.54) is 64.8 Å². The SMILES string of the molecule is OCCCCN1CCN(C2CCCCC2)CC1. The zero-order valence-electron chi connectivity index (χ0n) is 11.1. The highest BCUT2D eigenvalue weighted by atomic mass is 16.2. The first kappa shape index (κ1) is 13.3. The Morgan fingerprint density at radius 3 is 2.24 bits per heavy atom. The predicted molar refractivity (Wildman–Crippen MR) is 71.2 cm³/mol. The molecule has 0 aromatic heterocycles. The minimum atomic E-state index is 0.349. The molecule has 0 bridgehead atoms. The third-order valence-electron chi connectivity index (χ3n) is 4.38. The highest BCUT2D eigenvalue weighted by molar-refractivity contribution is 4.80. The van der Waals surface area contributed by atoms with E-state index in [0.29, 0.717) is 6.61 Å². The molecule has 0 unspecified atom stereocenters. The van der Waals surface area contributed by atoms with E-state index in [2.05, 4.69) is 9.80 Å². The third kappa shape index (κ3) is 4.23. The van der Waals surface area contributed by atoms with Crippen LogP contribution in [0.15, 0.2) is 0 Å². The quantitative estimate of drug-likeness (QED) is 0.741. The summed E-state index contributed by atoms with van der Waals surface area (Å²) in [5.41, 5.74) is 0. The number of piperazine rings is 1. The maximum Gasteiger partial charge on any atom is 0.0431 e. The van der Waals surface area contributed by atoms with E-state index >= 15 is 0 Å². The summed E-state index contributed by atoms with van der Waals surface area (Å²) in [4.78, 5) is 5.29. The number of hydrogen-bond acceptors (Lipinski definition) is 3. The van der Waals surface area contributed by atoms with Gasteiger partial charge in [0.15, 0.2) is 0 Å². The van der Waals surface area contributed by atoms with Crippen LogP contribution in [-0.2, 0) is 0 Å². The van der Waals surface area contributed by atoms with Crippen molar-refractivity contribution in [2.75, 3.05) is 39.3 Å². The van der Waals surface area contributed by atoms with E-state index in [1.54, 1.807) is 0 Å². The van der Waals surface area contributed by atoms with E-state index in [9.17, 15) is 0 Å². The maximum absolute atomic E-state index is 8.78. The van der Waals surface area contributed by atoms with Gasteiger partial charge in [-0.05, 0) is 32.2 Å². The minimum Gasteiger partial charge on any atom is -0.396 e. The van der Waals surface area contributed by atoms with Crippen molar-refractivity contribution in [1.29, 1.82) is 0 Å². The van der Waals surface area contributed by atoms with Gasteiger partial charge in [-0.2, -0.15) is 0 Å². The molecule has 17 heavy (non-hydrogen) atoms. The van der Waals surface area contributed by atoms with Gasteiger partial charge in [-0.25, -0.2) is 0 Å². The highest BCUT2D eigenvalue weighted by Crippen LogP contribution is 2.23. The van der Waals surface area contributed by atoms with Gasteiger partial charge in [0.05, 0.1) is 0 Å². The van der Waals surface area contributed by atoms with E-state index < -0.39 is 0 Å². The van der Waals surface area contributed by atoms with Gasteiger partial charge in [0, 0.05) is 38.8 Å². The number of hydrogen-bond donors (Lipinski definition) is 1. The fourth-order valence-corrected chi connectivity index (χ4v) is 3.25. The molecule has 1 aliphatic heterocycles. The molecule has 0 atom stereocenters. The molecular formula is C14H28N2O. The van der Waals surface area contributed by atoms with Gasteiger partial charge < -0.3 is 10.0 Å². The summed E-state index contributed by atoms with van der Waals surface area (Å²) in [6, 6.07) is 0.892. The lowest BCUT2D eigenvalue weighted by Crippen LogP contribution is -2.50. The second-order valence-electron chi connectivity index (χ2n) is 5.60. The molecule has 1 heterocycles. The Balaban J connectivity index is 1.63. The molecule has 0 spiro atoms. The van der Waals surface area contributed by atoms with Gasteiger partial charge >= 0.3 is 0 Å². The molecular weight excluding hydrogens is 212 g/mol. The lowest BCUT2D eigenvalue weighted by Gasteiger charge is -2.40. The summed E-state index contributed by atoms with van der Waals surface area (Å²) >= 11 is 0. The number of nitrogens with zero attached hydrogens (tertiary/aromatic N) is 2. The molecule has 1 saturated carbocycles. The fraction of sp³-hybridized carbons (Fsp3) is 1.00. The molecule has 2 rings (SSSR count). The number of aliphatic hydroxyl groups excluding tert-OH is 1. The van der Waals surface area contributed by atoms with Gasteiger partial charge in [-0.15, -0.1) is 0 Å². The van der Waals surface area contributed by atoms with E-state index in [0.717, 1.165) is 18.9 Å². The number of rotatable bonds is 5. The Bertz CT molecular complexity index is 196. The van der Waals surface area contributed by atoms with E-state index in [1.807, 2.05) is 0 Å². The molecule has 0 aromatic carbocycles. The second-order valence-corrected chi connectivity index (χ2v) is 5.60. The van der Waals surface area contributed by atoms with Crippen LogP contribution in [0.4, 0.5) is 0 Å². The zero-order valence-corrected chi connectivity index (χ0v) is 11.1. The van der Waals surface area contributed by atoms with Crippen LogP contribution >= 0.6 is 0 Å². The van der Waals surface area contributed by atoms with Crippen molar-refractivity contribution in [3.8, 4) is 0 Å². The molecule has 1 aliphatic carbocycles. The maximum atomic E-state index is 8.78. The molecule has 1 saturated heterocycles. The van der Waals surface area contributed by atoms with Gasteiger partial charge in [0.1, 0.15) is 0 Å². The summed E-state index contributed by atoms with van der Waals surface area (Å²) in [5.74, 6) is 0. The number of aliphatic hydroxyl groups is 1. The van der Waals surface area contributed by atoms with Crippen molar-refractivity contribution in [1.82, 2.24) is 9.80 Å². The van der Waals surface area contributed by atoms with Crippen LogP contribution < -0.4 is 0 Å². The van der Waals surface area contributed by atoms with Gasteiger partial charge in [-0.3, -0.25) is 4.90 Å². The third-order valence-corrected chi connectivity index (χ3v) is 4.38. The average Bonchev–Trinajstić information content (AvgIpc) is 2.41. The zero-order chi connectivity index (χ0) is 11.9. The fourth-order valence-electron chi connectivity index (χ4n) is 3.25. The van der Waals surface area contributed by atoms with Crippen LogP contribution in [0.1, 0.15) is 44.9 Å². The Morgan fingerprint density at radius 1 is 0.882 bits per heavy atom. The van der Waals surface area contributed by atoms with Crippen molar-refractivity contribution in [3.05, 3.63) is 0 Å². The molecule has 100 valence electrons. The lowest BCUT2D eigenvalue weighted by atomic mass is 9.94. The predicted octanol–water partition coefficient (Wildman–Crippen LogP) is 1.71. The second kappa shape index (κ2) is 7.34. The van der Waals surface area contributed by atoms with Crippen molar-refractivity contribution in [3.63, 3.8) is 0 Å². The Hall–Kier alpha value is -0.120. The minimum absolute atomic E-state index is 0.349. The molecule has 0 aromatic rings. The van der Waals surface area contributed by atoms with E-state index in [4.69, 9.17) is 5.11 Å². The monoisotopic (exact) mass is 240 g/mol. The summed E-state index contributed by atoms with van der Waals surface area (Å²) < 4.78 is 0. The Labute approximate surface area is 106 Å². The van der Waals surface area contributed by atoms with Crippen LogP contribution in [0.5, 0.6) is 0 Å². The highest BCUT2D eigenvalue weighted by Gasteiger charge is 2.24. The summed E-state index contributed by atoms with van der Waals surface area (Å²) in [7, 11) is 0. The van der Waals surface area contributed by atoms with Gasteiger partial charge in [0.2, 0.25) is 0 Å². The standard InChI is InChI=1S/C14H28N2O/c17-13-5-4-8-15-9-11-16(12-10-15)14-6-2-1-3-7-14/h14,17H,1-13H2. The van der Waals surface area contributed by atoms with Crippen molar-refractivity contribution in [2.45, 2.75) is 51.0 Å². The van der Waals surface area contributed by atoms with E-state index in [-0.39, 0.29) is 0 Å². The van der Waals surface area contributed by atoms with Crippen LogP contribution in [0.3, 0.4) is 0 Å². The molecule has 2 aliphatic rings. The first-order valence-electron chi connectivity index (χ1n) is 7.47. The van der Waals surface area contributed by atoms with Gasteiger partial charge in [-0.1, -0.05) is 19.3 Å². The smallest absolute Gasteiger partial charge is 0.0431 e. The van der Waals surface area contributed by atoms with Crippen LogP contribution in [0.25, 0.3) is 0 Å². The molecule has 3 nitrogen and oxygen atoms in total. The molecule has 2 fully saturated rings. The van der Waals surface area contributed by atoms with Crippen LogP contribution in [-0.4, -0.2) is 60.3 Å². The molecule has 1 N–H and O–H groups in total. The van der Waals surface area contributed by atoms with Crippen molar-refractivity contribution in [2.24, 2.45) is 0 Å². The largest absolute Gasteiger partial charge is 0.396 e. The van der Waals surface area contributed by atoms with Crippen LogP contribution in [0, 0.1) is 0 Å². The molecule has 0 amide bonds. The van der Waals surface area contributed by atoms with Crippen molar-refractivity contribution >= 4 is 0 Å². The topological polar surface area (TPSA) is 26.7 Å². The summed E-state index contributed by atoms with van der Waals surface area (Å²) in [6.45, 7) is 6.54. The number of unbranched alkanes of at least 4 members (excludes halogenated alkanes) is 1. The molecule has 0 radical (unpaired) electrons. The Morgan fingerprint density at radius 2 is 1.59 bits per heavy atom. The first-order valence-corrected chi connectivity index (χ1v) is 7.47. The summed E-state index contributed by atoms with van der Waals surface area (Å²) in [6.07, 6.45) is 9.33. The van der Waals surface area contributed by atoms with Crippen molar-refractivity contribution < 1.29 is 5.11 Å². The average molecular weight is 240 g/mol. The summed E-state index contributed by atoms with van der Waals surface area (Å²) in [5, 5.41) is 8.78. The molecule has 3 heteroatoms. The normalized spacial score (nSPS) is 25.2.